The van der Waals surface area contributed by atoms with E-state index in [0.717, 1.165) is 18.3 Å². The van der Waals surface area contributed by atoms with Crippen molar-refractivity contribution in [2.45, 2.75) is 51.6 Å². The molecule has 0 bridgehead atoms. The number of hydrogen-bond donors (Lipinski definition) is 2. The van der Waals surface area contributed by atoms with Crippen LogP contribution in [-0.2, 0) is 6.54 Å². The summed E-state index contributed by atoms with van der Waals surface area (Å²) in [4.78, 5) is 7.36. The monoisotopic (exact) mass is 207 g/mol. The number of hydrogen-bond acceptors (Lipinski definition) is 2. The molecule has 3 heteroatoms. The van der Waals surface area contributed by atoms with Crippen molar-refractivity contribution in [1.82, 2.24) is 15.3 Å². The van der Waals surface area contributed by atoms with Crippen molar-refractivity contribution < 1.29 is 0 Å². The Balaban J connectivity index is 1.81. The first kappa shape index (κ1) is 10.7. The summed E-state index contributed by atoms with van der Waals surface area (Å²) in [5.74, 6) is 1.86. The summed E-state index contributed by atoms with van der Waals surface area (Å²) >= 11 is 0. The Morgan fingerprint density at radius 3 is 3.07 bits per heavy atom. The fourth-order valence-corrected chi connectivity index (χ4v) is 2.42. The van der Waals surface area contributed by atoms with E-state index in [2.05, 4.69) is 22.2 Å². The largest absolute Gasteiger partial charge is 0.348 e. The second kappa shape index (κ2) is 5.31. The first-order valence-electron chi connectivity index (χ1n) is 6.08. The highest BCUT2D eigenvalue weighted by molar-refractivity contribution is 4.88. The highest BCUT2D eigenvalue weighted by Crippen LogP contribution is 2.22. The van der Waals surface area contributed by atoms with E-state index in [9.17, 15) is 0 Å². The van der Waals surface area contributed by atoms with E-state index in [1.807, 2.05) is 12.4 Å². The van der Waals surface area contributed by atoms with Gasteiger partial charge in [0.2, 0.25) is 0 Å². The summed E-state index contributed by atoms with van der Waals surface area (Å²) in [5, 5.41) is 3.62. The van der Waals surface area contributed by atoms with Crippen molar-refractivity contribution >= 4 is 0 Å². The SMILES string of the molecule is CC1CCCCCC1NCc1ncc[nH]1. The number of H-pyrrole nitrogens is 1. The molecule has 0 aliphatic heterocycles. The van der Waals surface area contributed by atoms with Gasteiger partial charge < -0.3 is 10.3 Å². The van der Waals surface area contributed by atoms with Gasteiger partial charge in [0, 0.05) is 18.4 Å². The molecule has 0 saturated heterocycles. The van der Waals surface area contributed by atoms with Crippen molar-refractivity contribution in [2.24, 2.45) is 5.92 Å². The Kier molecular flexibility index (Phi) is 3.78. The van der Waals surface area contributed by atoms with Crippen LogP contribution >= 0.6 is 0 Å². The van der Waals surface area contributed by atoms with Crippen LogP contribution in [0, 0.1) is 5.92 Å². The van der Waals surface area contributed by atoms with Gasteiger partial charge in [-0.1, -0.05) is 26.2 Å². The van der Waals surface area contributed by atoms with Crippen LogP contribution in [0.3, 0.4) is 0 Å². The summed E-state index contributed by atoms with van der Waals surface area (Å²) < 4.78 is 0. The number of nitrogens with zero attached hydrogens (tertiary/aromatic N) is 1. The molecule has 1 aromatic heterocycles. The average molecular weight is 207 g/mol. The van der Waals surface area contributed by atoms with Crippen LogP contribution in [0.4, 0.5) is 0 Å². The molecule has 1 aliphatic carbocycles. The summed E-state index contributed by atoms with van der Waals surface area (Å²) in [6.45, 7) is 3.24. The van der Waals surface area contributed by atoms with E-state index in [1.165, 1.54) is 32.1 Å². The van der Waals surface area contributed by atoms with Crippen molar-refractivity contribution in [3.63, 3.8) is 0 Å². The molecule has 3 nitrogen and oxygen atoms in total. The van der Waals surface area contributed by atoms with Crippen LogP contribution in [0.5, 0.6) is 0 Å². The van der Waals surface area contributed by atoms with Gasteiger partial charge in [0.05, 0.1) is 6.54 Å². The lowest BCUT2D eigenvalue weighted by Crippen LogP contribution is -2.34. The first-order chi connectivity index (χ1) is 7.36. The van der Waals surface area contributed by atoms with Gasteiger partial charge in [0.25, 0.3) is 0 Å². The zero-order valence-corrected chi connectivity index (χ0v) is 9.50. The highest BCUT2D eigenvalue weighted by Gasteiger charge is 2.19. The average Bonchev–Trinajstić information content (AvgIpc) is 2.67. The molecule has 2 atom stereocenters. The Bertz CT molecular complexity index is 268. The van der Waals surface area contributed by atoms with E-state index in [4.69, 9.17) is 0 Å². The predicted molar refractivity (Wildman–Crippen MR) is 61.5 cm³/mol. The van der Waals surface area contributed by atoms with Gasteiger partial charge in [-0.15, -0.1) is 0 Å². The van der Waals surface area contributed by atoms with Gasteiger partial charge in [0.15, 0.2) is 0 Å². The number of nitrogens with one attached hydrogen (secondary N) is 2. The van der Waals surface area contributed by atoms with Crippen LogP contribution in [0.1, 0.15) is 44.9 Å². The lowest BCUT2D eigenvalue weighted by Gasteiger charge is -2.22. The summed E-state index contributed by atoms with van der Waals surface area (Å²) in [7, 11) is 0. The second-order valence-electron chi connectivity index (χ2n) is 4.64. The number of aromatic nitrogens is 2. The van der Waals surface area contributed by atoms with Crippen molar-refractivity contribution in [2.75, 3.05) is 0 Å². The van der Waals surface area contributed by atoms with Crippen LogP contribution in [0.15, 0.2) is 12.4 Å². The predicted octanol–water partition coefficient (Wildman–Crippen LogP) is 2.47. The molecular weight excluding hydrogens is 186 g/mol. The molecule has 2 rings (SSSR count). The molecule has 2 N–H and O–H groups in total. The third-order valence-corrected chi connectivity index (χ3v) is 3.45. The number of imidazole rings is 1. The van der Waals surface area contributed by atoms with Crippen LogP contribution in [-0.4, -0.2) is 16.0 Å². The molecule has 1 fully saturated rings. The zero-order chi connectivity index (χ0) is 10.5. The summed E-state index contributed by atoms with van der Waals surface area (Å²) in [6, 6.07) is 0.678. The van der Waals surface area contributed by atoms with E-state index < -0.39 is 0 Å². The normalized spacial score (nSPS) is 27.5. The minimum Gasteiger partial charge on any atom is -0.348 e. The van der Waals surface area contributed by atoms with E-state index in [-0.39, 0.29) is 0 Å². The van der Waals surface area contributed by atoms with Crippen LogP contribution in [0.2, 0.25) is 0 Å². The van der Waals surface area contributed by atoms with Gasteiger partial charge in [-0.2, -0.15) is 0 Å². The molecule has 1 aliphatic rings. The minimum absolute atomic E-state index is 0.678. The lowest BCUT2D eigenvalue weighted by atomic mass is 9.97. The van der Waals surface area contributed by atoms with Crippen LogP contribution < -0.4 is 5.32 Å². The summed E-state index contributed by atoms with van der Waals surface area (Å²) in [5.41, 5.74) is 0. The highest BCUT2D eigenvalue weighted by atomic mass is 15.0. The van der Waals surface area contributed by atoms with Crippen molar-refractivity contribution in [3.8, 4) is 0 Å². The molecule has 1 heterocycles. The van der Waals surface area contributed by atoms with Gasteiger partial charge in [0.1, 0.15) is 5.82 Å². The second-order valence-corrected chi connectivity index (χ2v) is 4.64. The Labute approximate surface area is 91.7 Å². The van der Waals surface area contributed by atoms with Crippen molar-refractivity contribution in [3.05, 3.63) is 18.2 Å². The van der Waals surface area contributed by atoms with E-state index in [1.54, 1.807) is 0 Å². The topological polar surface area (TPSA) is 40.7 Å². The van der Waals surface area contributed by atoms with Gasteiger partial charge in [-0.05, 0) is 18.8 Å². The minimum atomic E-state index is 0.678. The molecular formula is C12H21N3. The molecule has 0 spiro atoms. The number of aromatic amines is 1. The maximum Gasteiger partial charge on any atom is 0.120 e. The molecule has 84 valence electrons. The number of rotatable bonds is 3. The molecule has 2 unspecified atom stereocenters. The fraction of sp³-hybridized carbons (Fsp3) is 0.750. The van der Waals surface area contributed by atoms with Gasteiger partial charge >= 0.3 is 0 Å². The maximum atomic E-state index is 4.23. The maximum absolute atomic E-state index is 4.23. The Morgan fingerprint density at radius 2 is 2.27 bits per heavy atom. The Morgan fingerprint density at radius 1 is 1.40 bits per heavy atom. The molecule has 15 heavy (non-hydrogen) atoms. The van der Waals surface area contributed by atoms with Gasteiger partial charge in [-0.25, -0.2) is 4.98 Å². The third kappa shape index (κ3) is 3.06. The van der Waals surface area contributed by atoms with Crippen LogP contribution in [0.25, 0.3) is 0 Å². The molecule has 0 amide bonds. The standard InChI is InChI=1S/C12H21N3/c1-10-5-3-2-4-6-11(10)15-9-12-13-7-8-14-12/h7-8,10-11,15H,2-6,9H2,1H3,(H,13,14). The van der Waals surface area contributed by atoms with Gasteiger partial charge in [-0.3, -0.25) is 0 Å². The molecule has 0 radical (unpaired) electrons. The summed E-state index contributed by atoms with van der Waals surface area (Å²) in [6.07, 6.45) is 10.6. The Hall–Kier alpha value is -0.830. The molecule has 1 saturated carbocycles. The van der Waals surface area contributed by atoms with E-state index >= 15 is 0 Å². The molecule has 0 aromatic carbocycles. The first-order valence-corrected chi connectivity index (χ1v) is 6.08. The zero-order valence-electron chi connectivity index (χ0n) is 9.50. The smallest absolute Gasteiger partial charge is 0.120 e. The molecule has 1 aromatic rings. The quantitative estimate of drug-likeness (QED) is 0.747. The van der Waals surface area contributed by atoms with Crippen molar-refractivity contribution in [1.29, 1.82) is 0 Å². The lowest BCUT2D eigenvalue weighted by molar-refractivity contribution is 0.353. The van der Waals surface area contributed by atoms with E-state index in [0.29, 0.717) is 6.04 Å². The fourth-order valence-electron chi connectivity index (χ4n) is 2.42. The third-order valence-electron chi connectivity index (χ3n) is 3.45.